The summed E-state index contributed by atoms with van der Waals surface area (Å²) in [5, 5.41) is 22.2. The number of nitrogens with one attached hydrogen (secondary N) is 1. The Morgan fingerprint density at radius 2 is 1.47 bits per heavy atom. The predicted octanol–water partition coefficient (Wildman–Crippen LogP) is 4.13. The highest BCUT2D eigenvalue weighted by molar-refractivity contribution is 5.81. The fourth-order valence-electron chi connectivity index (χ4n) is 2.03. The van der Waals surface area contributed by atoms with Crippen LogP contribution in [0.15, 0.2) is 0 Å². The Bertz CT molecular complexity index is 235. The average molecular weight is 274 g/mol. The maximum Gasteiger partial charge on any atom is 0.503 e. The van der Waals surface area contributed by atoms with E-state index in [0.29, 0.717) is 5.92 Å². The molecule has 0 rings (SSSR count). The minimum atomic E-state index is -1.83. The van der Waals surface area contributed by atoms with Gasteiger partial charge in [-0.1, -0.05) is 34.1 Å². The third-order valence-electron chi connectivity index (χ3n) is 2.84. The van der Waals surface area contributed by atoms with Crippen LogP contribution in [0.5, 0.6) is 0 Å². The van der Waals surface area contributed by atoms with Gasteiger partial charge in [0.2, 0.25) is 0 Å². The van der Waals surface area contributed by atoms with E-state index >= 15 is 0 Å². The first-order valence-electron chi connectivity index (χ1n) is 7.19. The van der Waals surface area contributed by atoms with Crippen LogP contribution in [-0.2, 0) is 0 Å². The third-order valence-corrected chi connectivity index (χ3v) is 2.84. The Morgan fingerprint density at radius 3 is 1.74 bits per heavy atom. The van der Waals surface area contributed by atoms with Gasteiger partial charge >= 0.3 is 6.16 Å². The average Bonchev–Trinajstić information content (AvgIpc) is 2.34. The number of amidine groups is 1. The molecule has 0 saturated heterocycles. The summed E-state index contributed by atoms with van der Waals surface area (Å²) in [5.41, 5.74) is 0. The second-order valence-corrected chi connectivity index (χ2v) is 4.55. The molecule has 5 nitrogen and oxygen atoms in total. The molecule has 0 aromatic rings. The highest BCUT2D eigenvalue weighted by Gasteiger charge is 2.16. The smallest absolute Gasteiger partial charge is 0.450 e. The fourth-order valence-corrected chi connectivity index (χ4v) is 2.03. The molecule has 5 heteroatoms. The molecule has 0 aliphatic rings. The van der Waals surface area contributed by atoms with Crippen molar-refractivity contribution in [2.75, 3.05) is 13.1 Å². The van der Waals surface area contributed by atoms with Crippen molar-refractivity contribution >= 4 is 12.0 Å². The van der Waals surface area contributed by atoms with Gasteiger partial charge in [-0.3, -0.25) is 5.41 Å². The minimum absolute atomic E-state index is 0.480. The molecular weight excluding hydrogens is 244 g/mol. The van der Waals surface area contributed by atoms with E-state index in [1.54, 1.807) is 0 Å². The van der Waals surface area contributed by atoms with Crippen LogP contribution >= 0.6 is 0 Å². The van der Waals surface area contributed by atoms with E-state index in [-0.39, 0.29) is 0 Å². The standard InChI is InChI=1S/C13H28N2.CH2O3/c1-5-9-12(8-4)13(14)15(10-6-2)11-7-3;2-1(3)4/h12,14H,5-11H2,1-4H3;(H2,2,3,4). The molecule has 0 heterocycles. The van der Waals surface area contributed by atoms with E-state index in [9.17, 15) is 0 Å². The van der Waals surface area contributed by atoms with Crippen LogP contribution in [0.1, 0.15) is 59.8 Å². The van der Waals surface area contributed by atoms with Crippen molar-refractivity contribution in [3.63, 3.8) is 0 Å². The van der Waals surface area contributed by atoms with Crippen LogP contribution in [0, 0.1) is 11.3 Å². The maximum atomic E-state index is 8.56. The summed E-state index contributed by atoms with van der Waals surface area (Å²) in [7, 11) is 0. The van der Waals surface area contributed by atoms with Crippen LogP contribution in [-0.4, -0.2) is 40.2 Å². The summed E-state index contributed by atoms with van der Waals surface area (Å²) < 4.78 is 0. The van der Waals surface area contributed by atoms with Crippen LogP contribution in [0.4, 0.5) is 4.79 Å². The molecule has 0 spiro atoms. The molecule has 0 saturated carbocycles. The van der Waals surface area contributed by atoms with Gasteiger partial charge in [0.25, 0.3) is 0 Å². The Labute approximate surface area is 117 Å². The predicted molar refractivity (Wildman–Crippen MR) is 79.2 cm³/mol. The molecule has 0 aliphatic heterocycles. The largest absolute Gasteiger partial charge is 0.503 e. The van der Waals surface area contributed by atoms with Crippen molar-refractivity contribution in [3.8, 4) is 0 Å². The molecule has 0 aromatic heterocycles. The monoisotopic (exact) mass is 274 g/mol. The second kappa shape index (κ2) is 13.2. The summed E-state index contributed by atoms with van der Waals surface area (Å²) in [4.78, 5) is 10.8. The van der Waals surface area contributed by atoms with Crippen molar-refractivity contribution in [2.24, 2.45) is 5.92 Å². The van der Waals surface area contributed by atoms with Crippen LogP contribution in [0.3, 0.4) is 0 Å². The van der Waals surface area contributed by atoms with Gasteiger partial charge in [-0.05, 0) is 25.7 Å². The van der Waals surface area contributed by atoms with E-state index < -0.39 is 6.16 Å². The molecule has 0 radical (unpaired) electrons. The lowest BCUT2D eigenvalue weighted by Crippen LogP contribution is -2.36. The van der Waals surface area contributed by atoms with Crippen molar-refractivity contribution < 1.29 is 15.0 Å². The zero-order chi connectivity index (χ0) is 15.3. The van der Waals surface area contributed by atoms with Crippen molar-refractivity contribution in [3.05, 3.63) is 0 Å². The Balaban J connectivity index is 0. The van der Waals surface area contributed by atoms with Crippen LogP contribution in [0.2, 0.25) is 0 Å². The van der Waals surface area contributed by atoms with Gasteiger partial charge in [-0.15, -0.1) is 0 Å². The molecule has 0 aromatic carbocycles. The zero-order valence-corrected chi connectivity index (χ0v) is 12.8. The topological polar surface area (TPSA) is 84.6 Å². The highest BCUT2D eigenvalue weighted by atomic mass is 16.6. The summed E-state index contributed by atoms with van der Waals surface area (Å²) >= 11 is 0. The van der Waals surface area contributed by atoms with E-state index in [2.05, 4.69) is 32.6 Å². The molecule has 1 atom stereocenters. The fraction of sp³-hybridized carbons (Fsp3) is 0.857. The number of rotatable bonds is 8. The lowest BCUT2D eigenvalue weighted by atomic mass is 9.98. The molecular formula is C14H30N2O3. The molecule has 19 heavy (non-hydrogen) atoms. The van der Waals surface area contributed by atoms with Gasteiger partial charge in [0, 0.05) is 19.0 Å². The first-order valence-corrected chi connectivity index (χ1v) is 7.19. The molecule has 3 N–H and O–H groups in total. The molecule has 0 aliphatic carbocycles. The second-order valence-electron chi connectivity index (χ2n) is 4.55. The van der Waals surface area contributed by atoms with Gasteiger partial charge in [0.05, 0.1) is 5.84 Å². The molecule has 1 unspecified atom stereocenters. The molecule has 0 fully saturated rings. The summed E-state index contributed by atoms with van der Waals surface area (Å²) in [6, 6.07) is 0. The third kappa shape index (κ3) is 11.6. The van der Waals surface area contributed by atoms with Gasteiger partial charge < -0.3 is 15.1 Å². The van der Waals surface area contributed by atoms with E-state index in [1.165, 1.54) is 12.8 Å². The Morgan fingerprint density at radius 1 is 1.05 bits per heavy atom. The lowest BCUT2D eigenvalue weighted by Gasteiger charge is -2.29. The Kier molecular flexibility index (Phi) is 13.9. The quantitative estimate of drug-likeness (QED) is 0.459. The molecule has 0 bridgehead atoms. The molecule has 0 amide bonds. The first-order chi connectivity index (χ1) is 8.94. The number of nitrogens with zero attached hydrogens (tertiary/aromatic N) is 1. The number of carbonyl (C=O) groups is 1. The minimum Gasteiger partial charge on any atom is -0.450 e. The van der Waals surface area contributed by atoms with E-state index in [4.69, 9.17) is 20.4 Å². The molecule has 114 valence electrons. The maximum absolute atomic E-state index is 8.56. The van der Waals surface area contributed by atoms with Gasteiger partial charge in [0.15, 0.2) is 0 Å². The highest BCUT2D eigenvalue weighted by Crippen LogP contribution is 2.15. The summed E-state index contributed by atoms with van der Waals surface area (Å²) in [6.07, 6.45) is 3.92. The SMILES string of the molecule is CCCC(CC)C(=N)N(CCC)CCC.O=C(O)O. The Hall–Kier alpha value is -1.26. The summed E-state index contributed by atoms with van der Waals surface area (Å²) in [5.74, 6) is 1.36. The zero-order valence-electron chi connectivity index (χ0n) is 12.8. The summed E-state index contributed by atoms with van der Waals surface area (Å²) in [6.45, 7) is 10.9. The van der Waals surface area contributed by atoms with E-state index in [1.807, 2.05) is 0 Å². The van der Waals surface area contributed by atoms with Gasteiger partial charge in [-0.2, -0.15) is 0 Å². The number of carboxylic acid groups (broad SMARTS) is 2. The van der Waals surface area contributed by atoms with E-state index in [0.717, 1.165) is 38.2 Å². The normalized spacial score (nSPS) is 11.2. The lowest BCUT2D eigenvalue weighted by molar-refractivity contribution is 0.137. The van der Waals surface area contributed by atoms with Crippen molar-refractivity contribution in [1.29, 1.82) is 5.41 Å². The van der Waals surface area contributed by atoms with Crippen molar-refractivity contribution in [2.45, 2.75) is 59.8 Å². The first kappa shape index (κ1) is 20.1. The van der Waals surface area contributed by atoms with Crippen LogP contribution < -0.4 is 0 Å². The van der Waals surface area contributed by atoms with Gasteiger partial charge in [0.1, 0.15) is 0 Å². The van der Waals surface area contributed by atoms with Crippen molar-refractivity contribution in [1.82, 2.24) is 4.90 Å². The number of hydrogen-bond acceptors (Lipinski definition) is 2. The number of hydrogen-bond donors (Lipinski definition) is 3. The van der Waals surface area contributed by atoms with Crippen LogP contribution in [0.25, 0.3) is 0 Å². The van der Waals surface area contributed by atoms with Gasteiger partial charge in [-0.25, -0.2) is 4.79 Å².